The summed E-state index contributed by atoms with van der Waals surface area (Å²) in [5.41, 5.74) is 5.60. The summed E-state index contributed by atoms with van der Waals surface area (Å²) in [5.74, 6) is 1.96. The molecule has 0 aliphatic heterocycles. The van der Waals surface area contributed by atoms with Gasteiger partial charge < -0.3 is 9.64 Å². The maximum Gasteiger partial charge on any atom is 0.233 e. The molecule has 0 aliphatic carbocycles. The van der Waals surface area contributed by atoms with Gasteiger partial charge >= 0.3 is 0 Å². The van der Waals surface area contributed by atoms with E-state index in [9.17, 15) is 4.79 Å². The number of hydrogen-bond donors (Lipinski definition) is 0. The van der Waals surface area contributed by atoms with Gasteiger partial charge in [-0.2, -0.15) is 0 Å². The highest BCUT2D eigenvalue weighted by molar-refractivity contribution is 7.99. The number of aryl methyl sites for hydroxylation is 2. The fourth-order valence-electron chi connectivity index (χ4n) is 3.91. The summed E-state index contributed by atoms with van der Waals surface area (Å²) in [6, 6.07) is 24.4. The van der Waals surface area contributed by atoms with Gasteiger partial charge in [0.15, 0.2) is 5.16 Å². The van der Waals surface area contributed by atoms with E-state index in [-0.39, 0.29) is 11.7 Å². The van der Waals surface area contributed by atoms with Crippen LogP contribution in [0.15, 0.2) is 78.0 Å². The lowest BCUT2D eigenvalue weighted by Gasteiger charge is -2.18. The average Bonchev–Trinajstić information content (AvgIpc) is 3.25. The molecule has 180 valence electrons. The van der Waals surface area contributed by atoms with E-state index in [0.29, 0.717) is 18.1 Å². The molecule has 0 unspecified atom stereocenters. The van der Waals surface area contributed by atoms with Gasteiger partial charge in [0.1, 0.15) is 11.6 Å². The van der Waals surface area contributed by atoms with Gasteiger partial charge in [0.05, 0.1) is 18.6 Å². The van der Waals surface area contributed by atoms with Crippen LogP contribution in [-0.2, 0) is 17.8 Å². The molecule has 0 spiro atoms. The Morgan fingerprint density at radius 1 is 0.971 bits per heavy atom. The quantitative estimate of drug-likeness (QED) is 0.303. The highest BCUT2D eigenvalue weighted by atomic mass is 32.2. The maximum absolute atomic E-state index is 12.9. The fourth-order valence-corrected chi connectivity index (χ4v) is 4.82. The normalized spacial score (nSPS) is 10.9. The zero-order chi connectivity index (χ0) is 24.8. The van der Waals surface area contributed by atoms with Gasteiger partial charge in [-0.25, -0.2) is 0 Å². The zero-order valence-corrected chi connectivity index (χ0v) is 21.4. The van der Waals surface area contributed by atoms with Crippen molar-refractivity contribution in [3.05, 3.63) is 101 Å². The van der Waals surface area contributed by atoms with E-state index in [0.717, 1.165) is 34.0 Å². The molecule has 0 bridgehead atoms. The zero-order valence-electron chi connectivity index (χ0n) is 20.6. The average molecular weight is 487 g/mol. The number of carbonyl (C=O) groups is 1. The molecule has 0 atom stereocenters. The molecule has 0 radical (unpaired) electrons. The number of methoxy groups -OCH3 is 1. The molecule has 0 N–H and O–H groups in total. The van der Waals surface area contributed by atoms with Crippen LogP contribution in [0.1, 0.15) is 28.1 Å². The second-order valence-electron chi connectivity index (χ2n) is 8.57. The molecule has 7 heteroatoms. The van der Waals surface area contributed by atoms with Crippen LogP contribution in [0.2, 0.25) is 0 Å². The van der Waals surface area contributed by atoms with Crippen LogP contribution in [0.5, 0.6) is 5.75 Å². The molecule has 1 aromatic heterocycles. The molecular weight excluding hydrogens is 456 g/mol. The molecule has 4 aromatic rings. The number of amides is 1. The third-order valence-corrected chi connectivity index (χ3v) is 6.74. The third-order valence-electron chi connectivity index (χ3n) is 5.83. The number of nitrogens with zero attached hydrogens (tertiary/aromatic N) is 4. The van der Waals surface area contributed by atoms with E-state index in [2.05, 4.69) is 58.9 Å². The minimum Gasteiger partial charge on any atom is -0.497 e. The molecule has 0 fully saturated rings. The van der Waals surface area contributed by atoms with Crippen molar-refractivity contribution in [2.45, 2.75) is 32.0 Å². The molecule has 3 aromatic carbocycles. The Labute approximate surface area is 211 Å². The topological polar surface area (TPSA) is 60.2 Å². The van der Waals surface area contributed by atoms with E-state index in [1.165, 1.54) is 17.3 Å². The Morgan fingerprint density at radius 2 is 1.71 bits per heavy atom. The predicted octanol–water partition coefficient (Wildman–Crippen LogP) is 5.23. The van der Waals surface area contributed by atoms with Gasteiger partial charge in [0.2, 0.25) is 5.91 Å². The highest BCUT2D eigenvalue weighted by Crippen LogP contribution is 2.26. The number of ether oxygens (including phenoxy) is 1. The lowest BCUT2D eigenvalue weighted by molar-refractivity contribution is -0.127. The molecule has 0 saturated carbocycles. The molecule has 0 saturated heterocycles. The largest absolute Gasteiger partial charge is 0.497 e. The molecular formula is C28H30N4O2S. The van der Waals surface area contributed by atoms with Crippen LogP contribution < -0.4 is 4.74 Å². The third kappa shape index (κ3) is 6.11. The first-order chi connectivity index (χ1) is 16.9. The monoisotopic (exact) mass is 486 g/mol. The van der Waals surface area contributed by atoms with Crippen molar-refractivity contribution < 1.29 is 9.53 Å². The predicted molar refractivity (Wildman–Crippen MR) is 140 cm³/mol. The van der Waals surface area contributed by atoms with Crippen LogP contribution >= 0.6 is 11.8 Å². The number of rotatable bonds is 9. The van der Waals surface area contributed by atoms with E-state index >= 15 is 0 Å². The first kappa shape index (κ1) is 24.5. The standard InChI is InChI=1S/C28H30N4O2S/c1-20-10-15-25(21(2)16-20)32-26(17-22-8-6-5-7-9-22)29-30-28(32)35-19-27(33)31(3)18-23-11-13-24(34-4)14-12-23/h5-16H,17-19H2,1-4H3. The Balaban J connectivity index is 1.52. The van der Waals surface area contributed by atoms with Crippen molar-refractivity contribution >= 4 is 17.7 Å². The lowest BCUT2D eigenvalue weighted by Crippen LogP contribution is -2.27. The second-order valence-corrected chi connectivity index (χ2v) is 9.52. The van der Waals surface area contributed by atoms with Crippen LogP contribution in [0.3, 0.4) is 0 Å². The minimum atomic E-state index is 0.0330. The van der Waals surface area contributed by atoms with Gasteiger partial charge in [0.25, 0.3) is 0 Å². The summed E-state index contributed by atoms with van der Waals surface area (Å²) in [7, 11) is 3.47. The number of benzene rings is 3. The summed E-state index contributed by atoms with van der Waals surface area (Å²) < 4.78 is 7.30. The lowest BCUT2D eigenvalue weighted by atomic mass is 10.1. The first-order valence-electron chi connectivity index (χ1n) is 11.5. The Hall–Kier alpha value is -3.58. The molecule has 1 amide bonds. The molecule has 4 rings (SSSR count). The number of thioether (sulfide) groups is 1. The molecule has 1 heterocycles. The van der Waals surface area contributed by atoms with Gasteiger partial charge in [-0.15, -0.1) is 10.2 Å². The molecule has 6 nitrogen and oxygen atoms in total. The summed E-state index contributed by atoms with van der Waals surface area (Å²) in [6.07, 6.45) is 0.660. The minimum absolute atomic E-state index is 0.0330. The van der Waals surface area contributed by atoms with Crippen LogP contribution in [0.25, 0.3) is 5.69 Å². The Kier molecular flexibility index (Phi) is 7.87. The summed E-state index contributed by atoms with van der Waals surface area (Å²) in [5, 5.41) is 9.71. The Morgan fingerprint density at radius 3 is 2.40 bits per heavy atom. The van der Waals surface area contributed by atoms with Gasteiger partial charge in [0, 0.05) is 20.0 Å². The molecule has 35 heavy (non-hydrogen) atoms. The van der Waals surface area contributed by atoms with E-state index in [4.69, 9.17) is 4.74 Å². The van der Waals surface area contributed by atoms with Crippen molar-refractivity contribution in [2.24, 2.45) is 0 Å². The van der Waals surface area contributed by atoms with E-state index < -0.39 is 0 Å². The van der Waals surface area contributed by atoms with Crippen LogP contribution in [0.4, 0.5) is 0 Å². The van der Waals surface area contributed by atoms with Crippen molar-refractivity contribution in [3.8, 4) is 11.4 Å². The van der Waals surface area contributed by atoms with Crippen molar-refractivity contribution in [1.82, 2.24) is 19.7 Å². The Bertz CT molecular complexity index is 1290. The van der Waals surface area contributed by atoms with Crippen molar-refractivity contribution in [3.63, 3.8) is 0 Å². The summed E-state index contributed by atoms with van der Waals surface area (Å²) in [6.45, 7) is 4.71. The van der Waals surface area contributed by atoms with E-state index in [1.54, 1.807) is 12.0 Å². The van der Waals surface area contributed by atoms with Crippen molar-refractivity contribution in [2.75, 3.05) is 19.9 Å². The van der Waals surface area contributed by atoms with Gasteiger partial charge in [-0.1, -0.05) is 71.9 Å². The van der Waals surface area contributed by atoms with Crippen LogP contribution in [0, 0.1) is 13.8 Å². The van der Waals surface area contributed by atoms with Crippen LogP contribution in [-0.4, -0.2) is 45.5 Å². The summed E-state index contributed by atoms with van der Waals surface area (Å²) in [4.78, 5) is 14.7. The number of aromatic nitrogens is 3. The number of hydrogen-bond acceptors (Lipinski definition) is 5. The highest BCUT2D eigenvalue weighted by Gasteiger charge is 2.19. The summed E-state index contributed by atoms with van der Waals surface area (Å²) >= 11 is 1.42. The molecule has 0 aliphatic rings. The fraction of sp³-hybridized carbons (Fsp3) is 0.250. The van der Waals surface area contributed by atoms with E-state index in [1.807, 2.05) is 49.5 Å². The number of carbonyl (C=O) groups excluding carboxylic acids is 1. The van der Waals surface area contributed by atoms with Gasteiger partial charge in [-0.05, 0) is 48.7 Å². The van der Waals surface area contributed by atoms with Gasteiger partial charge in [-0.3, -0.25) is 9.36 Å². The maximum atomic E-state index is 12.9. The second kappa shape index (κ2) is 11.2. The smallest absolute Gasteiger partial charge is 0.233 e. The first-order valence-corrected chi connectivity index (χ1v) is 12.5. The SMILES string of the molecule is COc1ccc(CN(C)C(=O)CSc2nnc(Cc3ccccc3)n2-c2ccc(C)cc2C)cc1. The van der Waals surface area contributed by atoms with Crippen molar-refractivity contribution in [1.29, 1.82) is 0 Å².